The fourth-order valence-corrected chi connectivity index (χ4v) is 0.641. The first kappa shape index (κ1) is 5.71. The number of nitriles is 1. The maximum atomic E-state index is 8.38. The Bertz CT molecular complexity index is 245. The Kier molecular flexibility index (Phi) is 1.42. The van der Waals surface area contributed by atoms with E-state index >= 15 is 0 Å². The molecule has 0 N–H and O–H groups in total. The smallest absolute Gasteiger partial charge is 0.0856 e. The molecular weight excluding hydrogens is 110 g/mol. The number of hydrogen-bond donors (Lipinski definition) is 0. The second kappa shape index (κ2) is 2.23. The second-order valence-electron chi connectivity index (χ2n) is 1.81. The molecule has 44 valence electrons. The van der Waals surface area contributed by atoms with E-state index in [0.29, 0.717) is 5.56 Å². The third kappa shape index (κ3) is 1.23. The van der Waals surface area contributed by atoms with Crippen molar-refractivity contribution in [3.63, 3.8) is 0 Å². The molecule has 9 heavy (non-hydrogen) atoms. The van der Waals surface area contributed by atoms with Crippen molar-refractivity contribution in [2.24, 2.45) is 0 Å². The molecule has 1 aromatic rings. The third-order valence-electron chi connectivity index (χ3n) is 1.06. The molecule has 0 aliphatic heterocycles. The quantitative estimate of drug-likeness (QED) is 0.473. The van der Waals surface area contributed by atoms with Crippen LogP contribution in [-0.2, 0) is 0 Å². The zero-order valence-corrected chi connectivity index (χ0v) is 4.96. The lowest BCUT2D eigenvalue weighted by atomic mass is 10.2. The maximum Gasteiger partial charge on any atom is 0.0856 e. The molecule has 0 radical (unpaired) electrons. The highest BCUT2D eigenvalue weighted by molar-refractivity contribution is 5.33. The van der Waals surface area contributed by atoms with Gasteiger partial charge in [0.2, 0.25) is 0 Å². The molecule has 0 aromatic heterocycles. The first-order chi connectivity index (χ1) is 4.33. The van der Waals surface area contributed by atoms with Crippen molar-refractivity contribution < 1.29 is 0 Å². The lowest BCUT2D eigenvalue weighted by Gasteiger charge is -1.97. The molecule has 0 aliphatic carbocycles. The highest BCUT2D eigenvalue weighted by Crippen LogP contribution is 2.00. The van der Waals surface area contributed by atoms with Crippen LogP contribution in [0.15, 0.2) is 24.3 Å². The molecule has 0 unspecified atom stereocenters. The van der Waals surface area contributed by atoms with Gasteiger partial charge >= 0.3 is 0 Å². The molecule has 1 nitrogen and oxygen atoms in total. The van der Waals surface area contributed by atoms with Gasteiger partial charge in [-0.3, -0.25) is 0 Å². The third-order valence-corrected chi connectivity index (χ3v) is 1.06. The Labute approximate surface area is 54.6 Å². The van der Waals surface area contributed by atoms with Crippen LogP contribution in [0.25, 0.3) is 0 Å². The van der Waals surface area contributed by atoms with E-state index in [2.05, 4.69) is 6.92 Å². The summed E-state index contributed by atoms with van der Waals surface area (Å²) in [6.45, 7) is 3.68. The molecule has 1 rings (SSSR count). The number of rotatable bonds is 0. The molecule has 0 heterocycles. The summed E-state index contributed by atoms with van der Waals surface area (Å²) in [5.41, 5.74) is 1.55. The van der Waals surface area contributed by atoms with Crippen LogP contribution in [0.3, 0.4) is 0 Å². The summed E-state index contributed by atoms with van der Waals surface area (Å²) in [4.78, 5) is 0. The van der Waals surface area contributed by atoms with E-state index in [1.807, 2.05) is 18.2 Å². The van der Waals surface area contributed by atoms with Crippen LogP contribution in [0, 0.1) is 18.3 Å². The fourth-order valence-electron chi connectivity index (χ4n) is 0.641. The van der Waals surface area contributed by atoms with E-state index in [-0.39, 0.29) is 0 Å². The molecule has 0 fully saturated rings. The monoisotopic (exact) mass is 116 g/mol. The zero-order chi connectivity index (χ0) is 6.69. The van der Waals surface area contributed by atoms with E-state index in [1.165, 1.54) is 0 Å². The van der Waals surface area contributed by atoms with Crippen LogP contribution in [0.2, 0.25) is 0 Å². The van der Waals surface area contributed by atoms with Gasteiger partial charge in [0.05, 0.1) is 6.07 Å². The Morgan fingerprint density at radius 1 is 1.44 bits per heavy atom. The van der Waals surface area contributed by atoms with Gasteiger partial charge in [-0.1, -0.05) is 6.07 Å². The predicted molar refractivity (Wildman–Crippen MR) is 35.6 cm³/mol. The van der Waals surface area contributed by atoms with Gasteiger partial charge in [0, 0.05) is 0 Å². The zero-order valence-electron chi connectivity index (χ0n) is 4.96. The Morgan fingerprint density at radius 2 is 2.22 bits per heavy atom. The average molecular weight is 116 g/mol. The van der Waals surface area contributed by atoms with Gasteiger partial charge in [0.1, 0.15) is 0 Å². The maximum absolute atomic E-state index is 8.38. The Hall–Kier alpha value is -1.42. The van der Waals surface area contributed by atoms with Crippen molar-refractivity contribution in [2.75, 3.05) is 0 Å². The molecule has 0 aliphatic rings. The lowest BCUT2D eigenvalue weighted by molar-refractivity contribution is 1.47. The van der Waals surface area contributed by atoms with E-state index < -0.39 is 0 Å². The van der Waals surface area contributed by atoms with Crippen molar-refractivity contribution in [3.05, 3.63) is 42.3 Å². The second-order valence-corrected chi connectivity index (χ2v) is 1.81. The van der Waals surface area contributed by atoms with Gasteiger partial charge in [-0.25, -0.2) is 0 Å². The van der Waals surface area contributed by atoms with Gasteiger partial charge in [-0.15, -0.1) is 12.1 Å². The summed E-state index contributed by atoms with van der Waals surface area (Å²) in [5, 5.41) is 8.38. The van der Waals surface area contributed by atoms with Crippen LogP contribution in [0.5, 0.6) is 0 Å². The van der Waals surface area contributed by atoms with E-state index in [1.54, 1.807) is 12.1 Å². The normalized spacial score (nSPS) is 8.33. The molecular formula is C8H6N-. The minimum atomic E-state index is 0.669. The fraction of sp³-hybridized carbons (Fsp3) is 0. The van der Waals surface area contributed by atoms with Crippen molar-refractivity contribution in [3.8, 4) is 6.07 Å². The molecule has 0 saturated carbocycles. The molecule has 0 atom stereocenters. The lowest BCUT2D eigenvalue weighted by Crippen LogP contribution is -1.73. The van der Waals surface area contributed by atoms with E-state index in [4.69, 9.17) is 5.26 Å². The summed E-state index contributed by atoms with van der Waals surface area (Å²) < 4.78 is 0. The minimum absolute atomic E-state index is 0.669. The van der Waals surface area contributed by atoms with Crippen LogP contribution in [-0.4, -0.2) is 0 Å². The number of benzene rings is 1. The van der Waals surface area contributed by atoms with Gasteiger partial charge in [-0.2, -0.15) is 23.8 Å². The van der Waals surface area contributed by atoms with Crippen LogP contribution in [0.4, 0.5) is 0 Å². The van der Waals surface area contributed by atoms with Gasteiger partial charge in [0.25, 0.3) is 0 Å². The summed E-state index contributed by atoms with van der Waals surface area (Å²) in [6, 6.07) is 9.22. The number of nitrogens with zero attached hydrogens (tertiary/aromatic N) is 1. The number of hydrogen-bond acceptors (Lipinski definition) is 1. The van der Waals surface area contributed by atoms with Crippen LogP contribution < -0.4 is 0 Å². The molecule has 1 aromatic carbocycles. The van der Waals surface area contributed by atoms with Crippen molar-refractivity contribution in [1.29, 1.82) is 5.26 Å². The highest BCUT2D eigenvalue weighted by Gasteiger charge is 1.78. The van der Waals surface area contributed by atoms with Gasteiger partial charge in [0.15, 0.2) is 0 Å². The molecule has 0 spiro atoms. The largest absolute Gasteiger partial charge is 0.199 e. The Balaban J connectivity index is 3.12. The topological polar surface area (TPSA) is 23.8 Å². The first-order valence-corrected chi connectivity index (χ1v) is 2.65. The molecule has 1 heteroatoms. The first-order valence-electron chi connectivity index (χ1n) is 2.65. The Morgan fingerprint density at radius 3 is 2.67 bits per heavy atom. The predicted octanol–water partition coefficient (Wildman–Crippen LogP) is 1.74. The van der Waals surface area contributed by atoms with E-state index in [9.17, 15) is 0 Å². The summed E-state index contributed by atoms with van der Waals surface area (Å²) in [5.74, 6) is 0. The summed E-state index contributed by atoms with van der Waals surface area (Å²) in [7, 11) is 0. The van der Waals surface area contributed by atoms with E-state index in [0.717, 1.165) is 5.56 Å². The SMILES string of the molecule is [CH2-]c1cccc(C#N)c1. The highest BCUT2D eigenvalue weighted by atomic mass is 14.2. The van der Waals surface area contributed by atoms with Crippen molar-refractivity contribution >= 4 is 0 Å². The summed E-state index contributed by atoms with van der Waals surface area (Å²) >= 11 is 0. The standard InChI is InChI=1S/C8H6N/c1-7-3-2-4-8(5-7)6-9/h2-5H,1H2/q-1. The van der Waals surface area contributed by atoms with Crippen molar-refractivity contribution in [2.45, 2.75) is 0 Å². The minimum Gasteiger partial charge on any atom is -0.199 e. The van der Waals surface area contributed by atoms with Gasteiger partial charge < -0.3 is 0 Å². The van der Waals surface area contributed by atoms with Crippen LogP contribution >= 0.6 is 0 Å². The summed E-state index contributed by atoms with van der Waals surface area (Å²) in [6.07, 6.45) is 0. The molecule has 0 amide bonds. The molecule has 0 saturated heterocycles. The van der Waals surface area contributed by atoms with Gasteiger partial charge in [-0.05, 0) is 5.56 Å². The van der Waals surface area contributed by atoms with Crippen molar-refractivity contribution in [1.82, 2.24) is 0 Å². The average Bonchev–Trinajstić information content (AvgIpc) is 1.88. The molecule has 0 bridgehead atoms. The van der Waals surface area contributed by atoms with Crippen LogP contribution in [0.1, 0.15) is 11.1 Å².